The Bertz CT molecular complexity index is 1080. The molecule has 0 saturated carbocycles. The summed E-state index contributed by atoms with van der Waals surface area (Å²) in [6.07, 6.45) is 4.03. The number of piperidine rings is 1. The number of carbonyl (C=O) groups is 1. The number of thiophene rings is 1. The molecule has 2 saturated heterocycles. The predicted molar refractivity (Wildman–Crippen MR) is 123 cm³/mol. The molecule has 3 atom stereocenters. The Morgan fingerprint density at radius 2 is 2.06 bits per heavy atom. The number of fused-ring (bicyclic) bond motifs is 3. The van der Waals surface area contributed by atoms with Crippen LogP contribution in [0.15, 0.2) is 17.5 Å². The maximum Gasteiger partial charge on any atom is 0.237 e. The van der Waals surface area contributed by atoms with Crippen molar-refractivity contribution in [3.63, 3.8) is 0 Å². The number of amides is 1. The van der Waals surface area contributed by atoms with E-state index in [0.29, 0.717) is 24.6 Å². The van der Waals surface area contributed by atoms with E-state index in [9.17, 15) is 4.79 Å². The molecular weight excluding hydrogens is 412 g/mol. The number of rotatable bonds is 6. The number of anilines is 3. The van der Waals surface area contributed by atoms with Gasteiger partial charge in [-0.25, -0.2) is 4.98 Å². The zero-order valence-corrected chi connectivity index (χ0v) is 18.9. The molecule has 3 aromatic rings. The lowest BCUT2D eigenvalue weighted by Gasteiger charge is -2.39. The van der Waals surface area contributed by atoms with Gasteiger partial charge in [-0.15, -0.1) is 11.3 Å². The number of nitrogens with one attached hydrogen (secondary N) is 3. The number of nitrogens with zero attached hydrogens (tertiary/aromatic N) is 5. The van der Waals surface area contributed by atoms with E-state index in [4.69, 9.17) is 9.97 Å². The van der Waals surface area contributed by atoms with Crippen molar-refractivity contribution in [2.75, 3.05) is 31.3 Å². The third-order valence-electron chi connectivity index (χ3n) is 6.08. The largest absolute Gasteiger partial charge is 0.351 e. The van der Waals surface area contributed by atoms with Crippen LogP contribution in [0, 0.1) is 6.92 Å². The van der Waals surface area contributed by atoms with Gasteiger partial charge in [-0.05, 0) is 58.1 Å². The average molecular weight is 441 g/mol. The van der Waals surface area contributed by atoms with Crippen LogP contribution in [-0.4, -0.2) is 74.6 Å². The Kier molecular flexibility index (Phi) is 5.27. The number of hydrogen-bond acceptors (Lipinski definition) is 8. The van der Waals surface area contributed by atoms with E-state index < -0.39 is 0 Å². The molecule has 1 amide bonds. The van der Waals surface area contributed by atoms with Gasteiger partial charge in [0.05, 0.1) is 11.9 Å². The van der Waals surface area contributed by atoms with Crippen LogP contribution in [0.25, 0.3) is 10.2 Å². The van der Waals surface area contributed by atoms with Crippen LogP contribution in [0.3, 0.4) is 0 Å². The van der Waals surface area contributed by atoms with Gasteiger partial charge >= 0.3 is 0 Å². The van der Waals surface area contributed by atoms with Crippen molar-refractivity contribution in [2.24, 2.45) is 0 Å². The first-order chi connectivity index (χ1) is 15.0. The molecule has 3 aromatic heterocycles. The molecule has 2 aliphatic rings. The van der Waals surface area contributed by atoms with E-state index >= 15 is 0 Å². The van der Waals surface area contributed by atoms with Gasteiger partial charge in [-0.2, -0.15) is 10.1 Å². The molecule has 2 fully saturated rings. The highest BCUT2D eigenvalue weighted by Gasteiger charge is 2.43. The Balaban J connectivity index is 1.33. The summed E-state index contributed by atoms with van der Waals surface area (Å²) in [6.45, 7) is 2.44. The molecule has 0 aromatic carbocycles. The van der Waals surface area contributed by atoms with Crippen LogP contribution in [0.2, 0.25) is 0 Å². The van der Waals surface area contributed by atoms with Gasteiger partial charge in [0, 0.05) is 29.9 Å². The summed E-state index contributed by atoms with van der Waals surface area (Å²) in [7, 11) is 3.89. The number of hydrogen-bond donors (Lipinski definition) is 3. The quantitative estimate of drug-likeness (QED) is 0.542. The van der Waals surface area contributed by atoms with Crippen molar-refractivity contribution in [1.29, 1.82) is 0 Å². The zero-order valence-electron chi connectivity index (χ0n) is 18.1. The fraction of sp³-hybridized carbons (Fsp3) is 0.524. The topological polar surface area (TPSA) is 102 Å². The van der Waals surface area contributed by atoms with Gasteiger partial charge in [-0.1, -0.05) is 0 Å². The third kappa shape index (κ3) is 4.09. The first-order valence-corrected chi connectivity index (χ1v) is 11.6. The van der Waals surface area contributed by atoms with Crippen molar-refractivity contribution in [3.8, 4) is 0 Å². The summed E-state index contributed by atoms with van der Waals surface area (Å²) in [5.74, 6) is 2.36. The van der Waals surface area contributed by atoms with Gasteiger partial charge in [0.1, 0.15) is 10.6 Å². The summed E-state index contributed by atoms with van der Waals surface area (Å²) in [4.78, 5) is 27.2. The minimum Gasteiger partial charge on any atom is -0.351 e. The molecule has 0 spiro atoms. The molecule has 5 heterocycles. The Labute approximate surface area is 185 Å². The lowest BCUT2D eigenvalue weighted by atomic mass is 9.97. The van der Waals surface area contributed by atoms with Gasteiger partial charge in [0.15, 0.2) is 5.82 Å². The third-order valence-corrected chi connectivity index (χ3v) is 6.89. The van der Waals surface area contributed by atoms with Crippen LogP contribution < -0.4 is 10.6 Å². The molecule has 2 bridgehead atoms. The van der Waals surface area contributed by atoms with Crippen LogP contribution >= 0.6 is 11.3 Å². The maximum absolute atomic E-state index is 12.7. The molecule has 3 N–H and O–H groups in total. The molecule has 0 radical (unpaired) electrons. The van der Waals surface area contributed by atoms with E-state index in [0.717, 1.165) is 53.2 Å². The predicted octanol–water partition coefficient (Wildman–Crippen LogP) is 2.96. The molecule has 2 aliphatic heterocycles. The van der Waals surface area contributed by atoms with Crippen molar-refractivity contribution in [3.05, 3.63) is 23.2 Å². The normalized spacial score (nSPS) is 23.0. The van der Waals surface area contributed by atoms with E-state index in [1.54, 1.807) is 11.3 Å². The van der Waals surface area contributed by atoms with Crippen molar-refractivity contribution in [2.45, 2.75) is 50.7 Å². The average Bonchev–Trinajstić information content (AvgIpc) is 3.40. The number of likely N-dealkylation sites (N-methyl/N-ethyl adjacent to an activating group) is 1. The van der Waals surface area contributed by atoms with Gasteiger partial charge < -0.3 is 20.4 Å². The Hall–Kier alpha value is -2.72. The van der Waals surface area contributed by atoms with E-state index in [-0.39, 0.29) is 11.9 Å². The summed E-state index contributed by atoms with van der Waals surface area (Å²) in [5.41, 5.74) is 0.988. The van der Waals surface area contributed by atoms with Crippen molar-refractivity contribution < 1.29 is 4.79 Å². The Morgan fingerprint density at radius 3 is 2.74 bits per heavy atom. The smallest absolute Gasteiger partial charge is 0.237 e. The van der Waals surface area contributed by atoms with Crippen LogP contribution in [0.5, 0.6) is 0 Å². The molecular formula is C21H28N8OS. The second-order valence-corrected chi connectivity index (χ2v) is 9.73. The number of aromatic amines is 1. The lowest BCUT2D eigenvalue weighted by Crippen LogP contribution is -2.52. The fourth-order valence-electron chi connectivity index (χ4n) is 4.86. The number of aromatic nitrogens is 4. The van der Waals surface area contributed by atoms with Crippen molar-refractivity contribution in [1.82, 2.24) is 30.0 Å². The van der Waals surface area contributed by atoms with Crippen LogP contribution in [0.4, 0.5) is 17.6 Å². The first kappa shape index (κ1) is 20.2. The van der Waals surface area contributed by atoms with Gasteiger partial charge in [0.2, 0.25) is 11.9 Å². The van der Waals surface area contributed by atoms with E-state index in [1.165, 1.54) is 0 Å². The summed E-state index contributed by atoms with van der Waals surface area (Å²) in [5, 5.41) is 17.1. The molecule has 5 rings (SSSR count). The second-order valence-electron chi connectivity index (χ2n) is 8.83. The summed E-state index contributed by atoms with van der Waals surface area (Å²) >= 11 is 1.60. The molecule has 10 heteroatoms. The van der Waals surface area contributed by atoms with Crippen LogP contribution in [0.1, 0.15) is 31.4 Å². The van der Waals surface area contributed by atoms with Crippen molar-refractivity contribution >= 4 is 45.0 Å². The minimum absolute atomic E-state index is 0.244. The summed E-state index contributed by atoms with van der Waals surface area (Å²) < 4.78 is 0. The van der Waals surface area contributed by atoms with Gasteiger partial charge in [-0.3, -0.25) is 9.89 Å². The van der Waals surface area contributed by atoms with Gasteiger partial charge in [0.25, 0.3) is 0 Å². The second kappa shape index (κ2) is 8.08. The highest BCUT2D eigenvalue weighted by atomic mass is 32.1. The standard InChI is InChI=1S/C21H28N8OS/c1-12-8-17(27-26-12)23-19-16-6-7-31-20(16)25-21(24-19)22-13-9-14-4-5-15(10-13)29(14)18(30)11-28(2)3/h6-8,13-15H,4-5,9-11H2,1-3H3,(H3,22,23,24,25,26,27)/t13-,14-,15+. The highest BCUT2D eigenvalue weighted by molar-refractivity contribution is 7.16. The molecule has 31 heavy (non-hydrogen) atoms. The number of aryl methyl sites for hydroxylation is 1. The number of carbonyl (C=O) groups excluding carboxylic acids is 1. The van der Waals surface area contributed by atoms with Crippen LogP contribution in [-0.2, 0) is 4.79 Å². The Morgan fingerprint density at radius 1 is 1.29 bits per heavy atom. The zero-order chi connectivity index (χ0) is 21.5. The maximum atomic E-state index is 12.7. The highest BCUT2D eigenvalue weighted by Crippen LogP contribution is 2.37. The molecule has 0 unspecified atom stereocenters. The monoisotopic (exact) mass is 440 g/mol. The lowest BCUT2D eigenvalue weighted by molar-refractivity contribution is -0.136. The number of H-pyrrole nitrogens is 1. The minimum atomic E-state index is 0.244. The van der Waals surface area contributed by atoms with E-state index in [2.05, 4.69) is 25.7 Å². The molecule has 0 aliphatic carbocycles. The fourth-order valence-corrected chi connectivity index (χ4v) is 5.62. The van der Waals surface area contributed by atoms with E-state index in [1.807, 2.05) is 43.4 Å². The summed E-state index contributed by atoms with van der Waals surface area (Å²) in [6, 6.07) is 4.85. The molecule has 9 nitrogen and oxygen atoms in total. The molecule has 164 valence electrons. The SMILES string of the molecule is Cc1cc(Nc2nc(N[C@@H]3C[C@H]4CC[C@@H](C3)N4C(=O)CN(C)C)nc3sccc23)n[nH]1. The first-order valence-electron chi connectivity index (χ1n) is 10.7.